The number of halogens is 1. The Hall–Kier alpha value is -1.42. The lowest BCUT2D eigenvalue weighted by atomic mass is 9.90. The van der Waals surface area contributed by atoms with Crippen LogP contribution in [-0.2, 0) is 0 Å². The maximum absolute atomic E-state index is 12.4. The number of benzene rings is 1. The maximum atomic E-state index is 12.4. The summed E-state index contributed by atoms with van der Waals surface area (Å²) in [7, 11) is 0. The first kappa shape index (κ1) is 15.0. The number of hydrogen-bond acceptors (Lipinski definition) is 2. The maximum Gasteiger partial charge on any atom is 0.252 e. The summed E-state index contributed by atoms with van der Waals surface area (Å²) >= 11 is 3.45. The number of pyridine rings is 1. The van der Waals surface area contributed by atoms with E-state index in [1.807, 2.05) is 24.3 Å². The number of para-hydroxylation sites is 1. The first-order chi connectivity index (χ1) is 9.53. The summed E-state index contributed by atoms with van der Waals surface area (Å²) in [6, 6.07) is 9.47. The van der Waals surface area contributed by atoms with Crippen molar-refractivity contribution in [3.63, 3.8) is 0 Å². The Kier molecular flexibility index (Phi) is 4.76. The van der Waals surface area contributed by atoms with Gasteiger partial charge in [-0.15, -0.1) is 0 Å². The molecule has 2 rings (SSSR count). The van der Waals surface area contributed by atoms with Crippen LogP contribution >= 0.6 is 15.9 Å². The molecule has 0 saturated carbocycles. The van der Waals surface area contributed by atoms with Crippen molar-refractivity contribution in [2.75, 3.05) is 11.9 Å². The quantitative estimate of drug-likeness (QED) is 0.845. The van der Waals surface area contributed by atoms with Crippen molar-refractivity contribution < 1.29 is 4.79 Å². The summed E-state index contributed by atoms with van der Waals surface area (Å²) in [5, 5.41) is 4.86. The molecule has 106 valence electrons. The highest BCUT2D eigenvalue weighted by atomic mass is 79.9. The number of carbonyl (C=O) groups is 1. The minimum Gasteiger partial charge on any atom is -0.351 e. The third-order valence-corrected chi connectivity index (χ3v) is 3.79. The fourth-order valence-corrected chi connectivity index (χ4v) is 3.13. The predicted molar refractivity (Wildman–Crippen MR) is 86.3 cm³/mol. The second-order valence-corrected chi connectivity index (χ2v) is 6.45. The Morgan fingerprint density at radius 3 is 2.80 bits per heavy atom. The van der Waals surface area contributed by atoms with E-state index in [2.05, 4.69) is 40.1 Å². The van der Waals surface area contributed by atoms with E-state index in [4.69, 9.17) is 0 Å². The van der Waals surface area contributed by atoms with Crippen LogP contribution in [0.5, 0.6) is 0 Å². The van der Waals surface area contributed by atoms with Gasteiger partial charge in [0.15, 0.2) is 0 Å². The first-order valence-electron chi connectivity index (χ1n) is 6.71. The summed E-state index contributed by atoms with van der Waals surface area (Å²) in [5.74, 6) is -0.0359. The van der Waals surface area contributed by atoms with Gasteiger partial charge in [0.25, 0.3) is 5.91 Å². The highest BCUT2D eigenvalue weighted by Gasteiger charge is 2.19. The average molecular weight is 335 g/mol. The van der Waals surface area contributed by atoms with Gasteiger partial charge in [-0.3, -0.25) is 9.78 Å². The molecule has 1 aromatic heterocycles. The number of aromatic nitrogens is 1. The second kappa shape index (κ2) is 6.35. The van der Waals surface area contributed by atoms with Crippen LogP contribution in [0.2, 0.25) is 0 Å². The van der Waals surface area contributed by atoms with Crippen molar-refractivity contribution in [2.45, 2.75) is 20.3 Å². The number of hydrogen-bond donors (Lipinski definition) is 1. The zero-order chi connectivity index (χ0) is 14.6. The molecule has 1 amide bonds. The van der Waals surface area contributed by atoms with Gasteiger partial charge in [-0.25, -0.2) is 0 Å². The Bertz CT molecular complexity index is 605. The van der Waals surface area contributed by atoms with E-state index in [1.54, 1.807) is 12.3 Å². The predicted octanol–water partition coefficient (Wildman–Crippen LogP) is 3.78. The first-order valence-corrected chi connectivity index (χ1v) is 7.83. The van der Waals surface area contributed by atoms with Crippen molar-refractivity contribution in [1.29, 1.82) is 0 Å². The zero-order valence-corrected chi connectivity index (χ0v) is 13.4. The van der Waals surface area contributed by atoms with Crippen molar-refractivity contribution >= 4 is 32.7 Å². The minimum absolute atomic E-state index is 0.0359. The lowest BCUT2D eigenvalue weighted by Crippen LogP contribution is -2.34. The summed E-state index contributed by atoms with van der Waals surface area (Å²) < 4.78 is 0. The molecule has 0 radical (unpaired) electrons. The van der Waals surface area contributed by atoms with Crippen LogP contribution < -0.4 is 5.32 Å². The molecular formula is C16H19BrN2O. The van der Waals surface area contributed by atoms with Crippen LogP contribution in [0.1, 0.15) is 30.6 Å². The molecule has 0 aliphatic rings. The molecule has 0 aliphatic heterocycles. The smallest absolute Gasteiger partial charge is 0.252 e. The van der Waals surface area contributed by atoms with Gasteiger partial charge in [-0.2, -0.15) is 0 Å². The molecule has 1 aromatic carbocycles. The number of carbonyl (C=O) groups excluding carboxylic acids is 1. The van der Waals surface area contributed by atoms with Gasteiger partial charge in [0.1, 0.15) is 0 Å². The number of nitrogens with one attached hydrogen (secondary N) is 1. The molecule has 4 heteroatoms. The normalized spacial score (nSPS) is 11.6. The molecule has 0 bridgehead atoms. The molecule has 0 aliphatic carbocycles. The highest BCUT2D eigenvalue weighted by Crippen LogP contribution is 2.21. The summed E-state index contributed by atoms with van der Waals surface area (Å²) in [6.45, 7) is 4.96. The number of fused-ring (bicyclic) bond motifs is 1. The Morgan fingerprint density at radius 1 is 1.30 bits per heavy atom. The SMILES string of the molecule is CC(C)(CCBr)CNC(=O)c1ccnc2ccccc12. The van der Waals surface area contributed by atoms with E-state index >= 15 is 0 Å². The van der Waals surface area contributed by atoms with E-state index in [0.29, 0.717) is 12.1 Å². The van der Waals surface area contributed by atoms with Gasteiger partial charge in [-0.1, -0.05) is 48.0 Å². The largest absolute Gasteiger partial charge is 0.351 e. The lowest BCUT2D eigenvalue weighted by Gasteiger charge is -2.24. The van der Waals surface area contributed by atoms with Crippen molar-refractivity contribution in [2.24, 2.45) is 5.41 Å². The Balaban J connectivity index is 2.16. The molecule has 1 heterocycles. The van der Waals surface area contributed by atoms with Gasteiger partial charge in [0.2, 0.25) is 0 Å². The standard InChI is InChI=1S/C16H19BrN2O/c1-16(2,8-9-17)11-19-15(20)13-7-10-18-14-6-4-3-5-12(13)14/h3-7,10H,8-9,11H2,1-2H3,(H,19,20). The van der Waals surface area contributed by atoms with Crippen molar-refractivity contribution in [3.8, 4) is 0 Å². The van der Waals surface area contributed by atoms with Crippen molar-refractivity contribution in [3.05, 3.63) is 42.1 Å². The van der Waals surface area contributed by atoms with Crippen LogP contribution in [0, 0.1) is 5.41 Å². The third-order valence-electron chi connectivity index (χ3n) is 3.39. The fourth-order valence-electron chi connectivity index (χ4n) is 2.05. The molecule has 0 spiro atoms. The molecule has 0 fully saturated rings. The summed E-state index contributed by atoms with van der Waals surface area (Å²) in [6.07, 6.45) is 2.70. The zero-order valence-electron chi connectivity index (χ0n) is 11.8. The van der Waals surface area contributed by atoms with E-state index in [-0.39, 0.29) is 11.3 Å². The number of nitrogens with zero attached hydrogens (tertiary/aromatic N) is 1. The monoisotopic (exact) mass is 334 g/mol. The summed E-state index contributed by atoms with van der Waals surface area (Å²) in [5.41, 5.74) is 1.62. The van der Waals surface area contributed by atoms with Gasteiger partial charge in [0.05, 0.1) is 11.1 Å². The van der Waals surface area contributed by atoms with Gasteiger partial charge in [-0.05, 0) is 24.0 Å². The van der Waals surface area contributed by atoms with E-state index in [1.165, 1.54) is 0 Å². The molecule has 1 N–H and O–H groups in total. The lowest BCUT2D eigenvalue weighted by molar-refractivity contribution is 0.0937. The molecule has 0 saturated heterocycles. The summed E-state index contributed by atoms with van der Waals surface area (Å²) in [4.78, 5) is 16.6. The van der Waals surface area contributed by atoms with E-state index in [9.17, 15) is 4.79 Å². The second-order valence-electron chi connectivity index (χ2n) is 5.66. The van der Waals surface area contributed by atoms with Crippen molar-refractivity contribution in [1.82, 2.24) is 10.3 Å². The molecule has 3 nitrogen and oxygen atoms in total. The van der Waals surface area contributed by atoms with E-state index in [0.717, 1.165) is 22.7 Å². The molecule has 2 aromatic rings. The van der Waals surface area contributed by atoms with Crippen LogP contribution in [0.4, 0.5) is 0 Å². The third kappa shape index (κ3) is 3.57. The Labute approximate surface area is 127 Å². The highest BCUT2D eigenvalue weighted by molar-refractivity contribution is 9.09. The number of rotatable bonds is 5. The molecule has 0 atom stereocenters. The minimum atomic E-state index is -0.0359. The molecular weight excluding hydrogens is 316 g/mol. The van der Waals surface area contributed by atoms with Crippen LogP contribution in [0.15, 0.2) is 36.5 Å². The van der Waals surface area contributed by atoms with Crippen LogP contribution in [0.25, 0.3) is 10.9 Å². The van der Waals surface area contributed by atoms with Crippen LogP contribution in [0.3, 0.4) is 0 Å². The fraction of sp³-hybridized carbons (Fsp3) is 0.375. The molecule has 0 unspecified atom stereocenters. The topological polar surface area (TPSA) is 42.0 Å². The van der Waals surface area contributed by atoms with Gasteiger partial charge < -0.3 is 5.32 Å². The molecule has 20 heavy (non-hydrogen) atoms. The number of amides is 1. The van der Waals surface area contributed by atoms with Gasteiger partial charge in [0, 0.05) is 23.5 Å². The van der Waals surface area contributed by atoms with Gasteiger partial charge >= 0.3 is 0 Å². The van der Waals surface area contributed by atoms with Crippen LogP contribution in [-0.4, -0.2) is 22.8 Å². The Morgan fingerprint density at radius 2 is 2.05 bits per heavy atom. The number of alkyl halides is 1. The van der Waals surface area contributed by atoms with E-state index < -0.39 is 0 Å². The average Bonchev–Trinajstić information content (AvgIpc) is 2.44.